The lowest BCUT2D eigenvalue weighted by atomic mass is 10.1. The Balaban J connectivity index is 1.23. The summed E-state index contributed by atoms with van der Waals surface area (Å²) in [7, 11) is 0. The van der Waals surface area contributed by atoms with Gasteiger partial charge in [0.15, 0.2) is 11.5 Å². The molecule has 0 aliphatic carbocycles. The van der Waals surface area contributed by atoms with Gasteiger partial charge in [-0.15, -0.1) is 0 Å². The highest BCUT2D eigenvalue weighted by Gasteiger charge is 2.20. The minimum Gasteiger partial charge on any atom is -0.454 e. The first-order valence-electron chi connectivity index (χ1n) is 9.37. The average Bonchev–Trinajstić information content (AvgIpc) is 3.15. The van der Waals surface area contributed by atoms with Crippen molar-refractivity contribution in [3.8, 4) is 11.5 Å². The Labute approximate surface area is 159 Å². The lowest BCUT2D eigenvalue weighted by Crippen LogP contribution is -2.49. The molecule has 2 aliphatic rings. The summed E-state index contributed by atoms with van der Waals surface area (Å²) in [4.78, 5) is 16.9. The van der Waals surface area contributed by atoms with E-state index in [1.54, 1.807) is 0 Å². The molecule has 6 nitrogen and oxygen atoms in total. The largest absolute Gasteiger partial charge is 0.454 e. The Kier molecular flexibility index (Phi) is 5.16. The normalized spacial score (nSPS) is 16.4. The summed E-state index contributed by atoms with van der Waals surface area (Å²) in [6, 6.07) is 14.2. The van der Waals surface area contributed by atoms with Crippen LogP contribution in [0, 0.1) is 6.92 Å². The zero-order chi connectivity index (χ0) is 18.6. The quantitative estimate of drug-likeness (QED) is 0.878. The smallest absolute Gasteiger partial charge is 0.234 e. The Hall–Kier alpha value is -2.73. The molecule has 2 aromatic rings. The summed E-state index contributed by atoms with van der Waals surface area (Å²) in [5.74, 6) is 1.56. The number of hydrogen-bond acceptors (Lipinski definition) is 5. The number of aryl methyl sites for hydroxylation is 1. The summed E-state index contributed by atoms with van der Waals surface area (Å²) in [6.45, 7) is 7.02. The van der Waals surface area contributed by atoms with E-state index in [9.17, 15) is 4.79 Å². The van der Waals surface area contributed by atoms with E-state index < -0.39 is 0 Å². The molecule has 4 rings (SSSR count). The van der Waals surface area contributed by atoms with Crippen LogP contribution in [-0.4, -0.2) is 50.3 Å². The van der Waals surface area contributed by atoms with Crippen LogP contribution >= 0.6 is 0 Å². The van der Waals surface area contributed by atoms with E-state index in [-0.39, 0.29) is 12.7 Å². The van der Waals surface area contributed by atoms with Gasteiger partial charge in [-0.3, -0.25) is 9.69 Å². The zero-order valence-corrected chi connectivity index (χ0v) is 15.6. The topological polar surface area (TPSA) is 54.0 Å². The Morgan fingerprint density at radius 3 is 2.63 bits per heavy atom. The molecule has 0 spiro atoms. The van der Waals surface area contributed by atoms with Gasteiger partial charge in [0.1, 0.15) is 0 Å². The third-order valence-corrected chi connectivity index (χ3v) is 5.12. The number of para-hydroxylation sites is 1. The number of rotatable bonds is 5. The van der Waals surface area contributed by atoms with Crippen LogP contribution in [-0.2, 0) is 11.3 Å². The first-order valence-corrected chi connectivity index (χ1v) is 9.37. The highest BCUT2D eigenvalue weighted by Crippen LogP contribution is 2.32. The van der Waals surface area contributed by atoms with Crippen molar-refractivity contribution in [3.63, 3.8) is 0 Å². The van der Waals surface area contributed by atoms with Crippen LogP contribution in [0.5, 0.6) is 11.5 Å². The van der Waals surface area contributed by atoms with Crippen molar-refractivity contribution < 1.29 is 14.3 Å². The lowest BCUT2D eigenvalue weighted by molar-refractivity contribution is -0.122. The molecule has 0 saturated carbocycles. The number of fused-ring (bicyclic) bond motifs is 1. The maximum absolute atomic E-state index is 12.3. The Morgan fingerprint density at radius 2 is 1.81 bits per heavy atom. The first kappa shape index (κ1) is 17.7. The van der Waals surface area contributed by atoms with Crippen LogP contribution in [0.15, 0.2) is 42.5 Å². The van der Waals surface area contributed by atoms with E-state index in [0.29, 0.717) is 13.1 Å². The van der Waals surface area contributed by atoms with E-state index in [1.807, 2.05) is 18.2 Å². The summed E-state index contributed by atoms with van der Waals surface area (Å²) < 4.78 is 10.7. The summed E-state index contributed by atoms with van der Waals surface area (Å²) in [5, 5.41) is 3.00. The Morgan fingerprint density at radius 1 is 1.04 bits per heavy atom. The summed E-state index contributed by atoms with van der Waals surface area (Å²) >= 11 is 0. The minimum atomic E-state index is 0.0528. The monoisotopic (exact) mass is 367 g/mol. The molecule has 0 bridgehead atoms. The van der Waals surface area contributed by atoms with Gasteiger partial charge in [0.25, 0.3) is 0 Å². The van der Waals surface area contributed by atoms with Crippen molar-refractivity contribution >= 4 is 11.6 Å². The molecule has 0 unspecified atom stereocenters. The number of carbonyl (C=O) groups is 1. The van der Waals surface area contributed by atoms with Crippen molar-refractivity contribution in [1.29, 1.82) is 0 Å². The molecule has 1 saturated heterocycles. The fraction of sp³-hybridized carbons (Fsp3) is 0.381. The second kappa shape index (κ2) is 7.88. The molecular weight excluding hydrogens is 342 g/mol. The molecule has 6 heteroatoms. The molecule has 2 aromatic carbocycles. The molecule has 1 N–H and O–H groups in total. The molecule has 142 valence electrons. The minimum absolute atomic E-state index is 0.0528. The summed E-state index contributed by atoms with van der Waals surface area (Å²) in [5.41, 5.74) is 3.61. The van der Waals surface area contributed by atoms with E-state index in [4.69, 9.17) is 9.47 Å². The maximum Gasteiger partial charge on any atom is 0.234 e. The van der Waals surface area contributed by atoms with E-state index in [2.05, 4.69) is 46.3 Å². The number of amides is 1. The van der Waals surface area contributed by atoms with Gasteiger partial charge in [-0.2, -0.15) is 0 Å². The van der Waals surface area contributed by atoms with Crippen LogP contribution in [0.2, 0.25) is 0 Å². The molecule has 0 atom stereocenters. The van der Waals surface area contributed by atoms with E-state index >= 15 is 0 Å². The molecule has 0 aromatic heterocycles. The van der Waals surface area contributed by atoms with Gasteiger partial charge in [0.05, 0.1) is 6.54 Å². The average molecular weight is 367 g/mol. The number of benzene rings is 2. The second-order valence-corrected chi connectivity index (χ2v) is 7.01. The zero-order valence-electron chi connectivity index (χ0n) is 15.6. The van der Waals surface area contributed by atoms with Crippen molar-refractivity contribution in [2.45, 2.75) is 13.5 Å². The van der Waals surface area contributed by atoms with Gasteiger partial charge in [-0.1, -0.05) is 24.3 Å². The van der Waals surface area contributed by atoms with E-state index in [0.717, 1.165) is 43.2 Å². The number of piperazine rings is 1. The highest BCUT2D eigenvalue weighted by molar-refractivity contribution is 5.78. The van der Waals surface area contributed by atoms with Gasteiger partial charge in [-0.25, -0.2) is 0 Å². The summed E-state index contributed by atoms with van der Waals surface area (Å²) in [6.07, 6.45) is 0. The van der Waals surface area contributed by atoms with E-state index in [1.165, 1.54) is 11.3 Å². The second-order valence-electron chi connectivity index (χ2n) is 7.01. The predicted octanol–water partition coefficient (Wildman–Crippen LogP) is 2.16. The molecule has 1 fully saturated rings. The molecule has 0 radical (unpaired) electrons. The SMILES string of the molecule is Cc1ccccc1N1CCN(CC(=O)NCc2ccc3c(c2)OCO3)CC1. The van der Waals surface area contributed by atoms with Crippen molar-refractivity contribution in [2.24, 2.45) is 0 Å². The Bertz CT molecular complexity index is 816. The van der Waals surface area contributed by atoms with Crippen LogP contribution in [0.4, 0.5) is 5.69 Å². The molecule has 2 heterocycles. The third-order valence-electron chi connectivity index (χ3n) is 5.12. The fourth-order valence-corrected chi connectivity index (χ4v) is 3.58. The lowest BCUT2D eigenvalue weighted by Gasteiger charge is -2.36. The maximum atomic E-state index is 12.3. The van der Waals surface area contributed by atoms with Gasteiger partial charge in [-0.05, 0) is 36.2 Å². The standard InChI is InChI=1S/C21H25N3O3/c1-16-4-2-3-5-18(16)24-10-8-23(9-11-24)14-21(25)22-13-17-6-7-19-20(12-17)27-15-26-19/h2-7,12H,8-11,13-15H2,1H3,(H,22,25). The predicted molar refractivity (Wildman–Crippen MR) is 104 cm³/mol. The number of nitrogens with one attached hydrogen (secondary N) is 1. The number of ether oxygens (including phenoxy) is 2. The number of anilines is 1. The molecule has 2 aliphatic heterocycles. The van der Waals surface area contributed by atoms with Crippen molar-refractivity contribution in [1.82, 2.24) is 10.2 Å². The number of carbonyl (C=O) groups excluding carboxylic acids is 1. The van der Waals surface area contributed by atoms with Crippen LogP contribution < -0.4 is 19.7 Å². The van der Waals surface area contributed by atoms with Gasteiger partial charge in [0, 0.05) is 38.4 Å². The van der Waals surface area contributed by atoms with Crippen LogP contribution in [0.25, 0.3) is 0 Å². The van der Waals surface area contributed by atoms with Crippen LogP contribution in [0.3, 0.4) is 0 Å². The number of hydrogen-bond donors (Lipinski definition) is 1. The van der Waals surface area contributed by atoms with Crippen LogP contribution in [0.1, 0.15) is 11.1 Å². The third kappa shape index (κ3) is 4.17. The van der Waals surface area contributed by atoms with Crippen molar-refractivity contribution in [3.05, 3.63) is 53.6 Å². The highest BCUT2D eigenvalue weighted by atomic mass is 16.7. The molecule has 1 amide bonds. The van der Waals surface area contributed by atoms with Crippen molar-refractivity contribution in [2.75, 3.05) is 44.4 Å². The van der Waals surface area contributed by atoms with Gasteiger partial charge in [0.2, 0.25) is 12.7 Å². The molecular formula is C21H25N3O3. The molecule has 27 heavy (non-hydrogen) atoms. The van der Waals surface area contributed by atoms with Gasteiger partial charge >= 0.3 is 0 Å². The first-order chi connectivity index (χ1) is 13.2. The number of nitrogens with zero attached hydrogens (tertiary/aromatic N) is 2. The fourth-order valence-electron chi connectivity index (χ4n) is 3.58. The van der Waals surface area contributed by atoms with Gasteiger partial charge < -0.3 is 19.7 Å².